The average molecular weight is 289 g/mol. The number of hydrogen-bond acceptors (Lipinski definition) is 5. The lowest BCUT2D eigenvalue weighted by molar-refractivity contribution is 0.0608. The molecule has 0 radical (unpaired) electrons. The fraction of sp³-hybridized carbons (Fsp3) is 0.750. The Morgan fingerprint density at radius 1 is 1.19 bits per heavy atom. The van der Waals surface area contributed by atoms with E-state index in [0.717, 1.165) is 36.7 Å². The third-order valence-corrected chi connectivity index (χ3v) is 4.88. The van der Waals surface area contributed by atoms with Gasteiger partial charge in [-0.25, -0.2) is 4.98 Å². The van der Waals surface area contributed by atoms with Crippen molar-refractivity contribution < 1.29 is 0 Å². The van der Waals surface area contributed by atoms with Crippen molar-refractivity contribution in [2.45, 2.75) is 63.6 Å². The van der Waals surface area contributed by atoms with Crippen LogP contribution in [-0.2, 0) is 0 Å². The Labute approximate surface area is 127 Å². The highest BCUT2D eigenvalue weighted by molar-refractivity contribution is 5.42. The van der Waals surface area contributed by atoms with Gasteiger partial charge in [0.15, 0.2) is 0 Å². The monoisotopic (exact) mass is 289 g/mol. The fourth-order valence-corrected chi connectivity index (χ4v) is 3.72. The van der Waals surface area contributed by atoms with Crippen LogP contribution in [0.4, 0.5) is 11.6 Å². The second-order valence-electron chi connectivity index (χ2n) is 6.43. The van der Waals surface area contributed by atoms with Gasteiger partial charge in [0.05, 0.1) is 12.4 Å². The number of fused-ring (bicyclic) bond motifs is 2. The van der Waals surface area contributed by atoms with E-state index in [-0.39, 0.29) is 0 Å². The minimum atomic E-state index is 0.534. The van der Waals surface area contributed by atoms with Crippen LogP contribution < -0.4 is 10.6 Å². The molecule has 3 heterocycles. The van der Waals surface area contributed by atoms with Gasteiger partial charge in [-0.05, 0) is 39.2 Å². The molecule has 2 unspecified atom stereocenters. The molecule has 1 aromatic rings. The zero-order chi connectivity index (χ0) is 14.7. The SMILES string of the molecule is CCCNc1cncc(NC2CC3CCCC(C2)N3C)n1. The lowest BCUT2D eigenvalue weighted by Gasteiger charge is -2.47. The summed E-state index contributed by atoms with van der Waals surface area (Å²) in [6.07, 6.45) is 11.3. The van der Waals surface area contributed by atoms with Crippen molar-refractivity contribution in [3.8, 4) is 0 Å². The van der Waals surface area contributed by atoms with Crippen LogP contribution >= 0.6 is 0 Å². The molecule has 0 amide bonds. The largest absolute Gasteiger partial charge is 0.369 e. The molecule has 2 atom stereocenters. The smallest absolute Gasteiger partial charge is 0.147 e. The van der Waals surface area contributed by atoms with E-state index in [1.165, 1.54) is 32.1 Å². The van der Waals surface area contributed by atoms with Crippen LogP contribution in [-0.4, -0.2) is 46.6 Å². The molecule has 21 heavy (non-hydrogen) atoms. The normalized spacial score (nSPS) is 29.1. The third kappa shape index (κ3) is 3.46. The van der Waals surface area contributed by atoms with E-state index in [1.54, 1.807) is 6.20 Å². The predicted octanol–water partition coefficient (Wildman–Crippen LogP) is 2.73. The second kappa shape index (κ2) is 6.60. The van der Waals surface area contributed by atoms with E-state index in [1.807, 2.05) is 6.20 Å². The van der Waals surface area contributed by atoms with Crippen molar-refractivity contribution in [3.05, 3.63) is 12.4 Å². The Hall–Kier alpha value is -1.36. The minimum Gasteiger partial charge on any atom is -0.369 e. The van der Waals surface area contributed by atoms with Gasteiger partial charge in [-0.3, -0.25) is 4.98 Å². The van der Waals surface area contributed by atoms with Crippen LogP contribution in [0.2, 0.25) is 0 Å². The molecule has 2 saturated heterocycles. The Kier molecular flexibility index (Phi) is 4.58. The summed E-state index contributed by atoms with van der Waals surface area (Å²) in [5.74, 6) is 1.78. The number of aromatic nitrogens is 2. The van der Waals surface area contributed by atoms with Crippen molar-refractivity contribution in [2.75, 3.05) is 24.2 Å². The molecular weight excluding hydrogens is 262 g/mol. The first-order chi connectivity index (χ1) is 10.3. The molecule has 2 bridgehead atoms. The molecular formula is C16H27N5. The summed E-state index contributed by atoms with van der Waals surface area (Å²) in [6.45, 7) is 3.09. The molecule has 2 N–H and O–H groups in total. The Morgan fingerprint density at radius 2 is 1.90 bits per heavy atom. The molecule has 2 aliphatic heterocycles. The quantitative estimate of drug-likeness (QED) is 0.873. The lowest BCUT2D eigenvalue weighted by Crippen LogP contribution is -2.52. The van der Waals surface area contributed by atoms with Gasteiger partial charge in [0.1, 0.15) is 11.6 Å². The van der Waals surface area contributed by atoms with Gasteiger partial charge in [0.25, 0.3) is 0 Å². The van der Waals surface area contributed by atoms with Gasteiger partial charge >= 0.3 is 0 Å². The molecule has 3 rings (SSSR count). The third-order valence-electron chi connectivity index (χ3n) is 4.88. The van der Waals surface area contributed by atoms with E-state index in [0.29, 0.717) is 6.04 Å². The maximum atomic E-state index is 4.62. The molecule has 0 saturated carbocycles. The summed E-state index contributed by atoms with van der Waals surface area (Å²) in [5, 5.41) is 6.90. The van der Waals surface area contributed by atoms with E-state index in [2.05, 4.69) is 39.5 Å². The fourth-order valence-electron chi connectivity index (χ4n) is 3.72. The Bertz CT molecular complexity index is 450. The van der Waals surface area contributed by atoms with Crippen LogP contribution in [0, 0.1) is 0 Å². The molecule has 116 valence electrons. The molecule has 2 fully saturated rings. The number of hydrogen-bond donors (Lipinski definition) is 2. The summed E-state index contributed by atoms with van der Waals surface area (Å²) < 4.78 is 0. The summed E-state index contributed by atoms with van der Waals surface area (Å²) in [5.41, 5.74) is 0. The molecule has 5 heteroatoms. The van der Waals surface area contributed by atoms with Crippen LogP contribution in [0.1, 0.15) is 45.4 Å². The molecule has 1 aromatic heterocycles. The van der Waals surface area contributed by atoms with Crippen molar-refractivity contribution in [2.24, 2.45) is 0 Å². The zero-order valence-electron chi connectivity index (χ0n) is 13.2. The van der Waals surface area contributed by atoms with Gasteiger partial charge in [-0.2, -0.15) is 0 Å². The van der Waals surface area contributed by atoms with E-state index >= 15 is 0 Å². The van der Waals surface area contributed by atoms with E-state index < -0.39 is 0 Å². The standard InChI is InChI=1S/C16H27N5/c1-3-7-18-15-10-17-11-16(20-15)19-12-8-13-5-4-6-14(9-12)21(13)2/h10-14H,3-9H2,1-2H3,(H2,18,19,20). The van der Waals surface area contributed by atoms with Crippen molar-refractivity contribution in [1.29, 1.82) is 0 Å². The van der Waals surface area contributed by atoms with Gasteiger partial charge in [0.2, 0.25) is 0 Å². The number of piperidine rings is 2. The van der Waals surface area contributed by atoms with Crippen molar-refractivity contribution in [3.63, 3.8) is 0 Å². The molecule has 5 nitrogen and oxygen atoms in total. The second-order valence-corrected chi connectivity index (χ2v) is 6.43. The summed E-state index contributed by atoms with van der Waals surface area (Å²) in [7, 11) is 2.29. The van der Waals surface area contributed by atoms with Crippen molar-refractivity contribution in [1.82, 2.24) is 14.9 Å². The van der Waals surface area contributed by atoms with Gasteiger partial charge in [-0.1, -0.05) is 13.3 Å². The minimum absolute atomic E-state index is 0.534. The maximum absolute atomic E-state index is 4.62. The average Bonchev–Trinajstić information content (AvgIpc) is 2.47. The van der Waals surface area contributed by atoms with Gasteiger partial charge < -0.3 is 15.5 Å². The summed E-state index contributed by atoms with van der Waals surface area (Å²) in [4.78, 5) is 11.5. The highest BCUT2D eigenvalue weighted by Crippen LogP contribution is 2.33. The highest BCUT2D eigenvalue weighted by Gasteiger charge is 2.35. The topological polar surface area (TPSA) is 53.1 Å². The number of nitrogens with one attached hydrogen (secondary N) is 2. The molecule has 0 spiro atoms. The molecule has 0 aliphatic carbocycles. The van der Waals surface area contributed by atoms with Crippen LogP contribution in [0.25, 0.3) is 0 Å². The van der Waals surface area contributed by atoms with Crippen molar-refractivity contribution >= 4 is 11.6 Å². The summed E-state index contributed by atoms with van der Waals surface area (Å²) in [6, 6.07) is 2.01. The Morgan fingerprint density at radius 3 is 2.62 bits per heavy atom. The zero-order valence-corrected chi connectivity index (χ0v) is 13.2. The van der Waals surface area contributed by atoms with Crippen LogP contribution in [0.15, 0.2) is 12.4 Å². The predicted molar refractivity (Wildman–Crippen MR) is 86.6 cm³/mol. The molecule has 2 aliphatic rings. The van der Waals surface area contributed by atoms with Gasteiger partial charge in [-0.15, -0.1) is 0 Å². The first-order valence-electron chi connectivity index (χ1n) is 8.30. The number of rotatable bonds is 5. The molecule has 0 aromatic carbocycles. The highest BCUT2D eigenvalue weighted by atomic mass is 15.2. The first kappa shape index (κ1) is 14.6. The maximum Gasteiger partial charge on any atom is 0.147 e. The first-order valence-corrected chi connectivity index (χ1v) is 8.30. The summed E-state index contributed by atoms with van der Waals surface area (Å²) >= 11 is 0. The number of nitrogens with zero attached hydrogens (tertiary/aromatic N) is 3. The van der Waals surface area contributed by atoms with Gasteiger partial charge in [0, 0.05) is 24.7 Å². The number of anilines is 2. The van der Waals surface area contributed by atoms with E-state index in [9.17, 15) is 0 Å². The Balaban J connectivity index is 1.61. The lowest BCUT2D eigenvalue weighted by atomic mass is 9.82. The van der Waals surface area contributed by atoms with Crippen LogP contribution in [0.3, 0.4) is 0 Å². The van der Waals surface area contributed by atoms with E-state index in [4.69, 9.17) is 0 Å². The van der Waals surface area contributed by atoms with Crippen LogP contribution in [0.5, 0.6) is 0 Å².